The summed E-state index contributed by atoms with van der Waals surface area (Å²) in [5.74, 6) is 0.808. The Morgan fingerprint density at radius 3 is 2.89 bits per heavy atom. The zero-order chi connectivity index (χ0) is 12.8. The second-order valence-corrected chi connectivity index (χ2v) is 4.52. The Labute approximate surface area is 107 Å². The fourth-order valence-corrected chi connectivity index (χ4v) is 1.75. The maximum atomic E-state index is 11.5. The summed E-state index contributed by atoms with van der Waals surface area (Å²) in [4.78, 5) is 11.5. The first-order valence-electron chi connectivity index (χ1n) is 6.40. The summed E-state index contributed by atoms with van der Waals surface area (Å²) in [6.07, 6.45) is 3.16. The van der Waals surface area contributed by atoms with Crippen molar-refractivity contribution in [2.24, 2.45) is 0 Å². The molecule has 18 heavy (non-hydrogen) atoms. The molecule has 98 valence electrons. The fourth-order valence-electron chi connectivity index (χ4n) is 1.75. The van der Waals surface area contributed by atoms with Crippen LogP contribution in [-0.2, 0) is 11.2 Å². The van der Waals surface area contributed by atoms with Crippen molar-refractivity contribution >= 4 is 5.91 Å². The summed E-state index contributed by atoms with van der Waals surface area (Å²) in [6.45, 7) is 0.476. The normalized spacial score (nSPS) is 14.3. The maximum Gasteiger partial charge on any atom is 0.223 e. The second-order valence-electron chi connectivity index (χ2n) is 4.52. The van der Waals surface area contributed by atoms with Crippen molar-refractivity contribution in [2.75, 3.05) is 13.2 Å². The van der Waals surface area contributed by atoms with Gasteiger partial charge in [-0.05, 0) is 30.9 Å². The fraction of sp³-hybridized carbons (Fsp3) is 0.500. The lowest BCUT2D eigenvalue weighted by Gasteiger charge is -2.10. The van der Waals surface area contributed by atoms with Gasteiger partial charge in [-0.25, -0.2) is 0 Å². The van der Waals surface area contributed by atoms with E-state index in [9.17, 15) is 4.79 Å². The summed E-state index contributed by atoms with van der Waals surface area (Å²) >= 11 is 0. The number of aliphatic hydroxyl groups is 1. The lowest BCUT2D eigenvalue weighted by Crippen LogP contribution is -2.26. The monoisotopic (exact) mass is 249 g/mol. The predicted octanol–water partition coefficient (Wildman–Crippen LogP) is 1.27. The van der Waals surface area contributed by atoms with Crippen LogP contribution in [0.4, 0.5) is 0 Å². The van der Waals surface area contributed by atoms with E-state index in [0.717, 1.165) is 24.2 Å². The summed E-state index contributed by atoms with van der Waals surface area (Å²) < 4.78 is 5.59. The van der Waals surface area contributed by atoms with Crippen molar-refractivity contribution in [1.29, 1.82) is 0 Å². The van der Waals surface area contributed by atoms with Crippen LogP contribution in [0, 0.1) is 0 Å². The van der Waals surface area contributed by atoms with E-state index in [1.165, 1.54) is 0 Å². The highest BCUT2D eigenvalue weighted by Crippen LogP contribution is 2.20. The highest BCUT2D eigenvalue weighted by Gasteiger charge is 2.22. The SMILES string of the molecule is O=C(CCOc1ccccc1CCO)NC1CC1. The molecule has 4 nitrogen and oxygen atoms in total. The van der Waals surface area contributed by atoms with Crippen LogP contribution in [0.1, 0.15) is 24.8 Å². The van der Waals surface area contributed by atoms with Gasteiger partial charge < -0.3 is 15.2 Å². The Hall–Kier alpha value is -1.55. The highest BCUT2D eigenvalue weighted by molar-refractivity contribution is 5.76. The third-order valence-corrected chi connectivity index (χ3v) is 2.88. The van der Waals surface area contributed by atoms with Gasteiger partial charge in [-0.3, -0.25) is 4.79 Å². The average Bonchev–Trinajstić information content (AvgIpc) is 3.15. The number of hydrogen-bond acceptors (Lipinski definition) is 3. The Balaban J connectivity index is 1.76. The van der Waals surface area contributed by atoms with Gasteiger partial charge in [-0.1, -0.05) is 18.2 Å². The van der Waals surface area contributed by atoms with Gasteiger partial charge in [0, 0.05) is 12.6 Å². The second kappa shape index (κ2) is 6.40. The van der Waals surface area contributed by atoms with Gasteiger partial charge in [0.1, 0.15) is 5.75 Å². The Morgan fingerprint density at radius 1 is 1.39 bits per heavy atom. The van der Waals surface area contributed by atoms with Crippen molar-refractivity contribution in [2.45, 2.75) is 31.7 Å². The molecule has 1 aliphatic rings. The molecule has 1 aromatic carbocycles. The molecular weight excluding hydrogens is 230 g/mol. The average molecular weight is 249 g/mol. The van der Waals surface area contributed by atoms with Gasteiger partial charge >= 0.3 is 0 Å². The van der Waals surface area contributed by atoms with Crippen LogP contribution >= 0.6 is 0 Å². The van der Waals surface area contributed by atoms with Crippen LogP contribution in [-0.4, -0.2) is 30.3 Å². The Bertz CT molecular complexity index is 402. The first-order chi connectivity index (χ1) is 8.79. The number of rotatable bonds is 7. The molecule has 1 amide bonds. The van der Waals surface area contributed by atoms with Crippen LogP contribution in [0.2, 0.25) is 0 Å². The minimum absolute atomic E-state index is 0.0529. The smallest absolute Gasteiger partial charge is 0.223 e. The van der Waals surface area contributed by atoms with Crippen LogP contribution in [0.5, 0.6) is 5.75 Å². The molecule has 0 heterocycles. The van der Waals surface area contributed by atoms with Crippen LogP contribution in [0.3, 0.4) is 0 Å². The van der Waals surface area contributed by atoms with Gasteiger partial charge in [0.05, 0.1) is 13.0 Å². The van der Waals surface area contributed by atoms with E-state index in [1.807, 2.05) is 24.3 Å². The molecule has 2 rings (SSSR count). The number of para-hydroxylation sites is 1. The first kappa shape index (κ1) is 12.9. The quantitative estimate of drug-likeness (QED) is 0.765. The summed E-state index contributed by atoms with van der Waals surface area (Å²) in [5, 5.41) is 11.9. The van der Waals surface area contributed by atoms with Crippen molar-refractivity contribution in [1.82, 2.24) is 5.32 Å². The minimum Gasteiger partial charge on any atom is -0.493 e. The molecule has 0 unspecified atom stereocenters. The van der Waals surface area contributed by atoms with Crippen molar-refractivity contribution in [3.05, 3.63) is 29.8 Å². The molecule has 1 saturated carbocycles. The molecule has 1 aromatic rings. The van der Waals surface area contributed by atoms with E-state index in [4.69, 9.17) is 9.84 Å². The zero-order valence-corrected chi connectivity index (χ0v) is 10.4. The van der Waals surface area contributed by atoms with Gasteiger partial charge in [0.15, 0.2) is 0 Å². The van der Waals surface area contributed by atoms with Crippen LogP contribution < -0.4 is 10.1 Å². The van der Waals surface area contributed by atoms with E-state index < -0.39 is 0 Å². The molecule has 1 fully saturated rings. The maximum absolute atomic E-state index is 11.5. The summed E-state index contributed by atoms with van der Waals surface area (Å²) in [7, 11) is 0. The third-order valence-electron chi connectivity index (χ3n) is 2.88. The number of ether oxygens (including phenoxy) is 1. The molecule has 0 bridgehead atoms. The molecule has 0 aliphatic heterocycles. The Morgan fingerprint density at radius 2 is 2.17 bits per heavy atom. The zero-order valence-electron chi connectivity index (χ0n) is 10.4. The largest absolute Gasteiger partial charge is 0.493 e. The van der Waals surface area contributed by atoms with Crippen molar-refractivity contribution in [3.8, 4) is 5.75 Å². The molecule has 1 aliphatic carbocycles. The molecule has 2 N–H and O–H groups in total. The lowest BCUT2D eigenvalue weighted by molar-refractivity contribution is -0.121. The molecule has 0 atom stereocenters. The third kappa shape index (κ3) is 4.04. The molecular formula is C14H19NO3. The van der Waals surface area contributed by atoms with Gasteiger partial charge in [-0.2, -0.15) is 0 Å². The van der Waals surface area contributed by atoms with Crippen molar-refractivity contribution < 1.29 is 14.6 Å². The number of carbonyl (C=O) groups is 1. The molecule has 0 aromatic heterocycles. The van der Waals surface area contributed by atoms with E-state index in [2.05, 4.69) is 5.32 Å². The molecule has 4 heteroatoms. The number of benzene rings is 1. The van der Waals surface area contributed by atoms with E-state index in [-0.39, 0.29) is 12.5 Å². The van der Waals surface area contributed by atoms with E-state index in [0.29, 0.717) is 25.5 Å². The standard InChI is InChI=1S/C14H19NO3/c16-9-7-11-3-1-2-4-13(11)18-10-8-14(17)15-12-5-6-12/h1-4,12,16H,5-10H2,(H,15,17). The van der Waals surface area contributed by atoms with E-state index in [1.54, 1.807) is 0 Å². The molecule has 0 radical (unpaired) electrons. The number of carbonyl (C=O) groups excluding carboxylic acids is 1. The Kier molecular flexibility index (Phi) is 4.59. The molecule has 0 spiro atoms. The van der Waals surface area contributed by atoms with Crippen molar-refractivity contribution in [3.63, 3.8) is 0 Å². The summed E-state index contributed by atoms with van der Waals surface area (Å²) in [6, 6.07) is 8.00. The van der Waals surface area contributed by atoms with Crippen LogP contribution in [0.15, 0.2) is 24.3 Å². The number of nitrogens with one attached hydrogen (secondary N) is 1. The number of amides is 1. The van der Waals surface area contributed by atoms with E-state index >= 15 is 0 Å². The first-order valence-corrected chi connectivity index (χ1v) is 6.40. The minimum atomic E-state index is 0.0529. The van der Waals surface area contributed by atoms with Crippen LogP contribution in [0.25, 0.3) is 0 Å². The predicted molar refractivity (Wildman–Crippen MR) is 68.5 cm³/mol. The molecule has 0 saturated heterocycles. The number of hydrogen-bond donors (Lipinski definition) is 2. The highest BCUT2D eigenvalue weighted by atomic mass is 16.5. The van der Waals surface area contributed by atoms with Gasteiger partial charge in [0.25, 0.3) is 0 Å². The topological polar surface area (TPSA) is 58.6 Å². The number of aliphatic hydroxyl groups excluding tert-OH is 1. The van der Waals surface area contributed by atoms with Gasteiger partial charge in [-0.15, -0.1) is 0 Å². The lowest BCUT2D eigenvalue weighted by atomic mass is 10.1. The van der Waals surface area contributed by atoms with Gasteiger partial charge in [0.2, 0.25) is 5.91 Å². The summed E-state index contributed by atoms with van der Waals surface area (Å²) in [5.41, 5.74) is 0.975.